The number of aromatic nitrogens is 1. The summed E-state index contributed by atoms with van der Waals surface area (Å²) in [6.45, 7) is 4.63. The number of hydrazine groups is 1. The Morgan fingerprint density at radius 1 is 1.28 bits per heavy atom. The number of nitrogens with zero attached hydrogens (tertiary/aromatic N) is 3. The molecule has 3 rings (SSSR count). The molecule has 9 nitrogen and oxygen atoms in total. The van der Waals surface area contributed by atoms with E-state index in [1.165, 1.54) is 35.0 Å². The summed E-state index contributed by atoms with van der Waals surface area (Å²) in [4.78, 5) is 12.5. The van der Waals surface area contributed by atoms with E-state index in [2.05, 4.69) is 28.0 Å². The van der Waals surface area contributed by atoms with Crippen LogP contribution in [0.2, 0.25) is 0 Å². The molecule has 1 amide bonds. The molecule has 1 aromatic heterocycles. The van der Waals surface area contributed by atoms with Crippen molar-refractivity contribution in [2.45, 2.75) is 39.2 Å². The SMILES string of the molecule is CCn1c2c(c3cc(C(=O)NCCOCCN(N)N=C(N)N)ccc31)CCCC2. The van der Waals surface area contributed by atoms with Crippen LogP contribution in [-0.2, 0) is 24.1 Å². The van der Waals surface area contributed by atoms with Gasteiger partial charge in [-0.3, -0.25) is 4.79 Å². The summed E-state index contributed by atoms with van der Waals surface area (Å²) >= 11 is 0. The fourth-order valence-corrected chi connectivity index (χ4v) is 3.94. The highest BCUT2D eigenvalue weighted by Gasteiger charge is 2.20. The molecule has 1 aliphatic rings. The number of nitrogens with one attached hydrogen (secondary N) is 1. The van der Waals surface area contributed by atoms with Gasteiger partial charge >= 0.3 is 0 Å². The minimum absolute atomic E-state index is 0.0923. The van der Waals surface area contributed by atoms with Crippen LogP contribution >= 0.6 is 0 Å². The molecule has 29 heavy (non-hydrogen) atoms. The highest BCUT2D eigenvalue weighted by atomic mass is 16.5. The zero-order chi connectivity index (χ0) is 20.8. The van der Waals surface area contributed by atoms with E-state index in [1.807, 2.05) is 12.1 Å². The average Bonchev–Trinajstić information content (AvgIpc) is 3.02. The van der Waals surface area contributed by atoms with Gasteiger partial charge in [0, 0.05) is 35.2 Å². The Balaban J connectivity index is 1.54. The minimum atomic E-state index is -0.104. The van der Waals surface area contributed by atoms with Gasteiger partial charge in [0.25, 0.3) is 5.91 Å². The van der Waals surface area contributed by atoms with Crippen LogP contribution in [0.15, 0.2) is 23.3 Å². The first-order valence-corrected chi connectivity index (χ1v) is 10.1. The zero-order valence-corrected chi connectivity index (χ0v) is 17.0. The molecule has 7 N–H and O–H groups in total. The number of aryl methyl sites for hydroxylation is 2. The topological polar surface area (TPSA) is 137 Å². The molecule has 0 fully saturated rings. The van der Waals surface area contributed by atoms with Crippen LogP contribution in [0.3, 0.4) is 0 Å². The first-order chi connectivity index (χ1) is 14.0. The molecule has 2 aromatic rings. The molecule has 1 aromatic carbocycles. The van der Waals surface area contributed by atoms with E-state index < -0.39 is 0 Å². The number of amides is 1. The lowest BCUT2D eigenvalue weighted by molar-refractivity contribution is 0.0879. The van der Waals surface area contributed by atoms with Gasteiger partial charge in [0.05, 0.1) is 19.8 Å². The third-order valence-corrected chi connectivity index (χ3v) is 5.20. The van der Waals surface area contributed by atoms with Crippen molar-refractivity contribution >= 4 is 22.8 Å². The first-order valence-electron chi connectivity index (χ1n) is 10.1. The summed E-state index contributed by atoms with van der Waals surface area (Å²) in [5.74, 6) is 5.36. The summed E-state index contributed by atoms with van der Waals surface area (Å²) in [7, 11) is 0. The second-order valence-electron chi connectivity index (χ2n) is 7.16. The van der Waals surface area contributed by atoms with Crippen LogP contribution < -0.4 is 22.6 Å². The van der Waals surface area contributed by atoms with Crippen LogP contribution in [0.1, 0.15) is 41.4 Å². The van der Waals surface area contributed by atoms with Gasteiger partial charge in [-0.2, -0.15) is 0 Å². The summed E-state index contributed by atoms with van der Waals surface area (Å²) in [5.41, 5.74) is 15.2. The number of benzene rings is 1. The molecule has 0 aliphatic heterocycles. The number of hydrogen-bond acceptors (Lipinski definition) is 5. The van der Waals surface area contributed by atoms with E-state index in [1.54, 1.807) is 0 Å². The monoisotopic (exact) mass is 401 g/mol. The Morgan fingerprint density at radius 3 is 2.83 bits per heavy atom. The van der Waals surface area contributed by atoms with Crippen LogP contribution in [0.4, 0.5) is 0 Å². The molecular formula is C20H31N7O2. The predicted octanol–water partition coefficient (Wildman–Crippen LogP) is 0.651. The van der Waals surface area contributed by atoms with Crippen molar-refractivity contribution in [2.75, 3.05) is 26.3 Å². The normalized spacial score (nSPS) is 13.2. The maximum absolute atomic E-state index is 12.5. The van der Waals surface area contributed by atoms with Gasteiger partial charge in [0.2, 0.25) is 5.96 Å². The van der Waals surface area contributed by atoms with Gasteiger partial charge in [-0.1, -0.05) is 0 Å². The fraction of sp³-hybridized carbons (Fsp3) is 0.500. The second kappa shape index (κ2) is 9.62. The Bertz CT molecular complexity index is 887. The van der Waals surface area contributed by atoms with Crippen LogP contribution in [0.25, 0.3) is 10.9 Å². The average molecular weight is 402 g/mol. The standard InChI is InChI=1S/C20H31N7O2/c1-2-26-17-6-4-3-5-15(17)16-13-14(7-8-18(16)26)19(28)24-9-11-29-12-10-27(23)25-20(21)22/h7-8,13H,2-6,9-12,23H2,1H3,(H,24,28)(H4,21,22,25). The molecule has 0 atom stereocenters. The van der Waals surface area contributed by atoms with Crippen molar-refractivity contribution in [3.8, 4) is 0 Å². The summed E-state index contributed by atoms with van der Waals surface area (Å²) in [6, 6.07) is 6.00. The Hall–Kier alpha value is -2.78. The van der Waals surface area contributed by atoms with E-state index in [-0.39, 0.29) is 11.9 Å². The maximum atomic E-state index is 12.5. The second-order valence-corrected chi connectivity index (χ2v) is 7.16. The number of nitrogens with two attached hydrogens (primary N) is 3. The van der Waals surface area contributed by atoms with Crippen molar-refractivity contribution < 1.29 is 9.53 Å². The number of ether oxygens (including phenoxy) is 1. The highest BCUT2D eigenvalue weighted by Crippen LogP contribution is 2.32. The van der Waals surface area contributed by atoms with Crippen molar-refractivity contribution in [1.82, 2.24) is 15.0 Å². The Morgan fingerprint density at radius 2 is 2.07 bits per heavy atom. The summed E-state index contributed by atoms with van der Waals surface area (Å²) in [5, 5.41) is 8.89. The van der Waals surface area contributed by atoms with E-state index >= 15 is 0 Å². The molecule has 0 radical (unpaired) electrons. The minimum Gasteiger partial charge on any atom is -0.378 e. The third-order valence-electron chi connectivity index (χ3n) is 5.20. The lowest BCUT2D eigenvalue weighted by atomic mass is 9.95. The number of hydrogen-bond donors (Lipinski definition) is 4. The van der Waals surface area contributed by atoms with Crippen molar-refractivity contribution in [3.63, 3.8) is 0 Å². The van der Waals surface area contributed by atoms with Crippen LogP contribution in [-0.4, -0.2) is 47.9 Å². The molecule has 0 bridgehead atoms. The molecule has 0 saturated carbocycles. The lowest BCUT2D eigenvalue weighted by Gasteiger charge is -2.14. The smallest absolute Gasteiger partial charge is 0.251 e. The molecule has 158 valence electrons. The quantitative estimate of drug-likeness (QED) is 0.160. The fourth-order valence-electron chi connectivity index (χ4n) is 3.94. The van der Waals surface area contributed by atoms with E-state index in [9.17, 15) is 4.79 Å². The molecule has 0 saturated heterocycles. The number of carbonyl (C=O) groups is 1. The summed E-state index contributed by atoms with van der Waals surface area (Å²) < 4.78 is 7.84. The number of rotatable bonds is 9. The van der Waals surface area contributed by atoms with Gasteiger partial charge in [0.1, 0.15) is 0 Å². The van der Waals surface area contributed by atoms with Crippen LogP contribution in [0.5, 0.6) is 0 Å². The number of guanidine groups is 1. The van der Waals surface area contributed by atoms with Gasteiger partial charge in [-0.25, -0.2) is 11.0 Å². The van der Waals surface area contributed by atoms with Crippen LogP contribution in [0, 0.1) is 0 Å². The predicted molar refractivity (Wildman–Crippen MR) is 114 cm³/mol. The van der Waals surface area contributed by atoms with E-state index in [0.717, 1.165) is 24.5 Å². The van der Waals surface area contributed by atoms with Gasteiger partial charge in [-0.15, -0.1) is 5.10 Å². The van der Waals surface area contributed by atoms with Gasteiger partial charge in [0.15, 0.2) is 0 Å². The number of carbonyl (C=O) groups excluding carboxylic acids is 1. The van der Waals surface area contributed by atoms with E-state index in [4.69, 9.17) is 22.0 Å². The maximum Gasteiger partial charge on any atom is 0.251 e. The highest BCUT2D eigenvalue weighted by molar-refractivity contribution is 5.99. The molecule has 1 heterocycles. The third kappa shape index (κ3) is 4.99. The van der Waals surface area contributed by atoms with Crippen molar-refractivity contribution in [3.05, 3.63) is 35.0 Å². The van der Waals surface area contributed by atoms with Crippen molar-refractivity contribution in [1.29, 1.82) is 0 Å². The molecule has 1 aliphatic carbocycles. The van der Waals surface area contributed by atoms with Gasteiger partial charge < -0.3 is 26.1 Å². The first kappa shape index (κ1) is 20.9. The molecule has 9 heteroatoms. The summed E-state index contributed by atoms with van der Waals surface area (Å²) in [6.07, 6.45) is 4.67. The van der Waals surface area contributed by atoms with Crippen molar-refractivity contribution in [2.24, 2.45) is 22.4 Å². The zero-order valence-electron chi connectivity index (χ0n) is 17.0. The lowest BCUT2D eigenvalue weighted by Crippen LogP contribution is -2.35. The molecular weight excluding hydrogens is 370 g/mol. The molecule has 0 unspecified atom stereocenters. The Labute approximate surface area is 170 Å². The largest absolute Gasteiger partial charge is 0.378 e. The van der Waals surface area contributed by atoms with Gasteiger partial charge in [-0.05, 0) is 56.4 Å². The van der Waals surface area contributed by atoms with E-state index in [0.29, 0.717) is 31.9 Å². The Kier molecular flexibility index (Phi) is 6.95. The number of hydrazone groups is 1. The number of fused-ring (bicyclic) bond motifs is 3. The molecule has 0 spiro atoms.